The number of hydrogen-bond acceptors (Lipinski definition) is 5. The highest BCUT2D eigenvalue weighted by Crippen LogP contribution is 2.44. The number of para-hydroxylation sites is 1. The van der Waals surface area contributed by atoms with E-state index in [0.717, 1.165) is 44.7 Å². The van der Waals surface area contributed by atoms with E-state index in [4.69, 9.17) is 5.10 Å². The molecule has 1 saturated heterocycles. The molecular formula is C27H28N4OS. The topological polar surface area (TPSA) is 39.2 Å². The van der Waals surface area contributed by atoms with Crippen LogP contribution in [0.25, 0.3) is 0 Å². The van der Waals surface area contributed by atoms with E-state index in [0.29, 0.717) is 6.54 Å². The fraction of sp³-hybridized carbons (Fsp3) is 0.333. The number of carbonyl (C=O) groups excluding carboxylic acids is 1. The fourth-order valence-electron chi connectivity index (χ4n) is 5.48. The Labute approximate surface area is 198 Å². The standard InChI is InChI=1S/C27H28N4OS/c32-25(19-29-14-16-30(17-15-29)21-8-2-1-3-9-21)31-27(24-11-6-18-33-24)23-13-12-20-7-4-5-10-22(20)26(23)28-31/h1-11,18,23,27H,12-17,19H2/t23-,27-/m1/s1. The van der Waals surface area contributed by atoms with Crippen LogP contribution in [0, 0.1) is 5.92 Å². The summed E-state index contributed by atoms with van der Waals surface area (Å²) < 4.78 is 0. The summed E-state index contributed by atoms with van der Waals surface area (Å²) in [5, 5.41) is 8.91. The lowest BCUT2D eigenvalue weighted by atomic mass is 9.79. The minimum Gasteiger partial charge on any atom is -0.369 e. The van der Waals surface area contributed by atoms with Gasteiger partial charge in [-0.15, -0.1) is 11.3 Å². The van der Waals surface area contributed by atoms with Gasteiger partial charge in [-0.1, -0.05) is 48.5 Å². The molecule has 1 fully saturated rings. The van der Waals surface area contributed by atoms with Crippen LogP contribution in [-0.4, -0.2) is 54.3 Å². The third-order valence-corrected chi connectivity index (χ3v) is 8.11. The van der Waals surface area contributed by atoms with Crippen molar-refractivity contribution in [1.82, 2.24) is 9.91 Å². The molecular weight excluding hydrogens is 428 g/mol. The highest BCUT2D eigenvalue weighted by atomic mass is 32.1. The van der Waals surface area contributed by atoms with Crippen molar-refractivity contribution in [2.24, 2.45) is 11.0 Å². The number of hydrogen-bond donors (Lipinski definition) is 0. The minimum atomic E-state index is 0.0199. The Bertz CT molecular complexity index is 1150. The van der Waals surface area contributed by atoms with E-state index < -0.39 is 0 Å². The number of amides is 1. The van der Waals surface area contributed by atoms with E-state index >= 15 is 0 Å². The molecule has 3 aliphatic rings. The quantitative estimate of drug-likeness (QED) is 0.583. The van der Waals surface area contributed by atoms with E-state index in [1.54, 1.807) is 11.3 Å². The number of carbonyl (C=O) groups is 1. The number of nitrogens with zero attached hydrogens (tertiary/aromatic N) is 4. The van der Waals surface area contributed by atoms with E-state index in [1.165, 1.54) is 21.7 Å². The molecule has 168 valence electrons. The van der Waals surface area contributed by atoms with Gasteiger partial charge in [-0.2, -0.15) is 5.10 Å². The van der Waals surface area contributed by atoms with Crippen LogP contribution in [0.1, 0.15) is 28.5 Å². The molecule has 6 rings (SSSR count). The van der Waals surface area contributed by atoms with E-state index in [1.807, 2.05) is 5.01 Å². The number of aryl methyl sites for hydroxylation is 1. The molecule has 3 heterocycles. The summed E-state index contributed by atoms with van der Waals surface area (Å²) in [6, 6.07) is 23.4. The van der Waals surface area contributed by atoms with Gasteiger partial charge >= 0.3 is 0 Å². The monoisotopic (exact) mass is 456 g/mol. The lowest BCUT2D eigenvalue weighted by Gasteiger charge is -2.36. The molecule has 0 spiro atoms. The molecule has 0 bridgehead atoms. The molecule has 0 radical (unpaired) electrons. The molecule has 2 aromatic carbocycles. The summed E-state index contributed by atoms with van der Waals surface area (Å²) in [6.45, 7) is 4.09. The minimum absolute atomic E-state index is 0.0199. The average molecular weight is 457 g/mol. The molecule has 1 aromatic heterocycles. The van der Waals surface area contributed by atoms with Crippen LogP contribution in [0.5, 0.6) is 0 Å². The fourth-order valence-corrected chi connectivity index (χ4v) is 6.35. The van der Waals surface area contributed by atoms with Crippen LogP contribution in [0.4, 0.5) is 5.69 Å². The number of piperazine rings is 1. The highest BCUT2D eigenvalue weighted by molar-refractivity contribution is 7.10. The van der Waals surface area contributed by atoms with Gasteiger partial charge in [-0.05, 0) is 42.0 Å². The lowest BCUT2D eigenvalue weighted by Crippen LogP contribution is -2.49. The van der Waals surface area contributed by atoms with Gasteiger partial charge in [0.25, 0.3) is 5.91 Å². The zero-order valence-electron chi connectivity index (χ0n) is 18.6. The number of rotatable bonds is 4. The van der Waals surface area contributed by atoms with Gasteiger partial charge in [-0.3, -0.25) is 9.69 Å². The number of hydrazone groups is 1. The summed E-state index contributed by atoms with van der Waals surface area (Å²) in [4.78, 5) is 19.5. The third-order valence-electron chi connectivity index (χ3n) is 7.17. The van der Waals surface area contributed by atoms with Crippen molar-refractivity contribution in [3.63, 3.8) is 0 Å². The Balaban J connectivity index is 1.20. The van der Waals surface area contributed by atoms with Crippen LogP contribution in [0.15, 0.2) is 77.2 Å². The van der Waals surface area contributed by atoms with Gasteiger partial charge in [0.1, 0.15) is 0 Å². The highest BCUT2D eigenvalue weighted by Gasteiger charge is 2.44. The predicted octanol–water partition coefficient (Wildman–Crippen LogP) is 4.42. The molecule has 0 saturated carbocycles. The Morgan fingerprint density at radius 3 is 2.52 bits per heavy atom. The molecule has 2 atom stereocenters. The maximum atomic E-state index is 13.6. The normalized spacial score (nSPS) is 22.6. The first-order chi connectivity index (χ1) is 16.3. The van der Waals surface area contributed by atoms with Gasteiger partial charge in [0.15, 0.2) is 0 Å². The second kappa shape index (κ2) is 8.76. The Kier molecular flexibility index (Phi) is 5.48. The smallest absolute Gasteiger partial charge is 0.257 e. The van der Waals surface area contributed by atoms with Crippen molar-refractivity contribution in [1.29, 1.82) is 0 Å². The van der Waals surface area contributed by atoms with Gasteiger partial charge in [0.2, 0.25) is 0 Å². The summed E-state index contributed by atoms with van der Waals surface area (Å²) in [5.41, 5.74) is 4.93. The number of anilines is 1. The maximum Gasteiger partial charge on any atom is 0.257 e. The predicted molar refractivity (Wildman–Crippen MR) is 134 cm³/mol. The molecule has 2 aliphatic heterocycles. The Morgan fingerprint density at radius 2 is 1.73 bits per heavy atom. The van der Waals surface area contributed by atoms with Crippen molar-refractivity contribution in [3.8, 4) is 0 Å². The molecule has 0 unspecified atom stereocenters. The van der Waals surface area contributed by atoms with Crippen LogP contribution in [0.3, 0.4) is 0 Å². The molecule has 1 aliphatic carbocycles. The summed E-state index contributed by atoms with van der Waals surface area (Å²) in [7, 11) is 0. The third kappa shape index (κ3) is 3.87. The SMILES string of the molecule is O=C(CN1CCN(c2ccccc2)CC1)N1N=C2c3ccccc3CC[C@H]2[C@@H]1c1cccs1. The summed E-state index contributed by atoms with van der Waals surface area (Å²) in [5.74, 6) is 0.387. The molecule has 5 nitrogen and oxygen atoms in total. The second-order valence-corrected chi connectivity index (χ2v) is 10.1. The van der Waals surface area contributed by atoms with E-state index in [-0.39, 0.29) is 17.9 Å². The average Bonchev–Trinajstić information content (AvgIpc) is 3.53. The largest absolute Gasteiger partial charge is 0.369 e. The van der Waals surface area contributed by atoms with Gasteiger partial charge in [0, 0.05) is 48.2 Å². The number of fused-ring (bicyclic) bond motifs is 3. The number of benzene rings is 2. The van der Waals surface area contributed by atoms with Crippen LogP contribution >= 0.6 is 11.3 Å². The summed E-state index contributed by atoms with van der Waals surface area (Å²) in [6.07, 6.45) is 2.09. The van der Waals surface area contributed by atoms with Gasteiger partial charge in [0.05, 0.1) is 18.3 Å². The first-order valence-corrected chi connectivity index (χ1v) is 12.7. The van der Waals surface area contributed by atoms with Gasteiger partial charge < -0.3 is 4.90 Å². The second-order valence-electron chi connectivity index (χ2n) is 9.08. The van der Waals surface area contributed by atoms with Gasteiger partial charge in [-0.25, -0.2) is 5.01 Å². The van der Waals surface area contributed by atoms with E-state index in [9.17, 15) is 4.79 Å². The number of thiophene rings is 1. The molecule has 0 N–H and O–H groups in total. The van der Waals surface area contributed by atoms with Crippen molar-refractivity contribution >= 4 is 28.6 Å². The van der Waals surface area contributed by atoms with Crippen LogP contribution in [-0.2, 0) is 11.2 Å². The van der Waals surface area contributed by atoms with Crippen LogP contribution in [0.2, 0.25) is 0 Å². The summed E-state index contributed by atoms with van der Waals surface area (Å²) >= 11 is 1.73. The Hall–Kier alpha value is -2.96. The van der Waals surface area contributed by atoms with E-state index in [2.05, 4.69) is 81.9 Å². The molecule has 1 amide bonds. The molecule has 33 heavy (non-hydrogen) atoms. The van der Waals surface area contributed by atoms with Crippen LogP contribution < -0.4 is 4.90 Å². The van der Waals surface area contributed by atoms with Crippen molar-refractivity contribution < 1.29 is 4.79 Å². The molecule has 6 heteroatoms. The lowest BCUT2D eigenvalue weighted by molar-refractivity contribution is -0.134. The maximum absolute atomic E-state index is 13.6. The van der Waals surface area contributed by atoms with Crippen molar-refractivity contribution in [3.05, 3.63) is 88.1 Å². The van der Waals surface area contributed by atoms with Crippen molar-refractivity contribution in [2.45, 2.75) is 18.9 Å². The first-order valence-electron chi connectivity index (χ1n) is 11.8. The van der Waals surface area contributed by atoms with Crippen molar-refractivity contribution in [2.75, 3.05) is 37.6 Å². The molecule has 3 aromatic rings. The zero-order chi connectivity index (χ0) is 22.2. The zero-order valence-corrected chi connectivity index (χ0v) is 19.5. The first kappa shape index (κ1) is 20.6. The Morgan fingerprint density at radius 1 is 0.939 bits per heavy atom.